The van der Waals surface area contributed by atoms with Gasteiger partial charge in [0.2, 0.25) is 0 Å². The molecule has 1 atom stereocenters. The van der Waals surface area contributed by atoms with Crippen molar-refractivity contribution in [2.75, 3.05) is 17.4 Å². The second kappa shape index (κ2) is 6.05. The zero-order chi connectivity index (χ0) is 14.0. The standard InChI is InChI=1S/C12H19ClN4OS/c1-4-19(18)8-7-17-10(5-6-13)14-11-9(2)15-16(3)12(11)17/h4-8H2,1-3H3. The Hall–Kier alpha value is -0.880. The molecular weight excluding hydrogens is 284 g/mol. The molecule has 0 bridgehead atoms. The number of nitrogens with zero attached hydrogens (tertiary/aromatic N) is 4. The molecule has 0 fully saturated rings. The molecule has 0 amide bonds. The lowest BCUT2D eigenvalue weighted by molar-refractivity contribution is 0.658. The number of aryl methyl sites for hydroxylation is 4. The maximum atomic E-state index is 11.6. The molecule has 0 aliphatic rings. The molecule has 0 aliphatic heterocycles. The van der Waals surface area contributed by atoms with Gasteiger partial charge in [0.15, 0.2) is 5.65 Å². The Bertz CT molecular complexity index is 604. The minimum absolute atomic E-state index is 0.534. The van der Waals surface area contributed by atoms with Gasteiger partial charge in [-0.15, -0.1) is 11.6 Å². The summed E-state index contributed by atoms with van der Waals surface area (Å²) in [4.78, 5) is 4.62. The van der Waals surface area contributed by atoms with Gasteiger partial charge in [-0.2, -0.15) is 5.10 Å². The smallest absolute Gasteiger partial charge is 0.158 e. The fourth-order valence-electron chi connectivity index (χ4n) is 2.23. The van der Waals surface area contributed by atoms with E-state index in [4.69, 9.17) is 11.6 Å². The van der Waals surface area contributed by atoms with E-state index >= 15 is 0 Å². The van der Waals surface area contributed by atoms with E-state index < -0.39 is 10.8 Å². The predicted molar refractivity (Wildman–Crippen MR) is 79.2 cm³/mol. The van der Waals surface area contributed by atoms with Crippen LogP contribution >= 0.6 is 11.6 Å². The average Bonchev–Trinajstić information content (AvgIpc) is 2.87. The molecule has 2 rings (SSSR count). The lowest BCUT2D eigenvalue weighted by Crippen LogP contribution is -2.14. The fraction of sp³-hybridized carbons (Fsp3) is 0.667. The molecule has 0 saturated carbocycles. The lowest BCUT2D eigenvalue weighted by Gasteiger charge is -2.08. The number of fused-ring (bicyclic) bond motifs is 1. The van der Waals surface area contributed by atoms with Gasteiger partial charge in [0.1, 0.15) is 11.3 Å². The molecule has 1 unspecified atom stereocenters. The Kier molecular flexibility index (Phi) is 4.62. The molecule has 0 aliphatic carbocycles. The number of halogens is 1. The van der Waals surface area contributed by atoms with Crippen molar-refractivity contribution in [1.29, 1.82) is 0 Å². The Morgan fingerprint density at radius 2 is 2.16 bits per heavy atom. The maximum Gasteiger partial charge on any atom is 0.158 e. The van der Waals surface area contributed by atoms with Crippen molar-refractivity contribution in [1.82, 2.24) is 19.3 Å². The molecule has 2 aromatic rings. The van der Waals surface area contributed by atoms with E-state index in [1.54, 1.807) is 0 Å². The van der Waals surface area contributed by atoms with Crippen molar-refractivity contribution in [3.8, 4) is 0 Å². The Morgan fingerprint density at radius 3 is 2.79 bits per heavy atom. The van der Waals surface area contributed by atoms with Crippen molar-refractivity contribution in [2.45, 2.75) is 26.8 Å². The van der Waals surface area contributed by atoms with E-state index in [1.165, 1.54) is 0 Å². The Morgan fingerprint density at radius 1 is 1.42 bits per heavy atom. The summed E-state index contributed by atoms with van der Waals surface area (Å²) in [7, 11) is 1.13. The first-order chi connectivity index (χ1) is 9.08. The highest BCUT2D eigenvalue weighted by Gasteiger charge is 2.17. The SMILES string of the molecule is CCS(=O)CCn1c(CCCl)nc2c(C)nn(C)c21. The number of rotatable bonds is 6. The van der Waals surface area contributed by atoms with E-state index in [-0.39, 0.29) is 0 Å². The first-order valence-corrected chi connectivity index (χ1v) is 8.40. The molecule has 0 aromatic carbocycles. The summed E-state index contributed by atoms with van der Waals surface area (Å²) < 4.78 is 15.6. The zero-order valence-electron chi connectivity index (χ0n) is 11.5. The third-order valence-electron chi connectivity index (χ3n) is 3.15. The molecule has 7 heteroatoms. The number of imidazole rings is 1. The highest BCUT2D eigenvalue weighted by molar-refractivity contribution is 7.84. The molecule has 5 nitrogen and oxygen atoms in total. The van der Waals surface area contributed by atoms with Crippen molar-refractivity contribution >= 4 is 33.6 Å². The molecular formula is C12H19ClN4OS. The van der Waals surface area contributed by atoms with Crippen LogP contribution in [0.5, 0.6) is 0 Å². The predicted octanol–water partition coefficient (Wildman–Crippen LogP) is 1.63. The quantitative estimate of drug-likeness (QED) is 0.762. The van der Waals surface area contributed by atoms with Crippen molar-refractivity contribution < 1.29 is 4.21 Å². The number of hydrogen-bond acceptors (Lipinski definition) is 3. The van der Waals surface area contributed by atoms with Gasteiger partial charge in [-0.3, -0.25) is 8.89 Å². The van der Waals surface area contributed by atoms with Crippen LogP contribution in [-0.2, 0) is 30.8 Å². The summed E-state index contributed by atoms with van der Waals surface area (Å²) in [6, 6.07) is 0. The third kappa shape index (κ3) is 2.84. The van der Waals surface area contributed by atoms with Crippen molar-refractivity contribution in [3.05, 3.63) is 11.5 Å². The summed E-state index contributed by atoms with van der Waals surface area (Å²) in [5, 5.41) is 4.38. The molecule has 0 spiro atoms. The van der Waals surface area contributed by atoms with E-state index in [0.29, 0.717) is 30.4 Å². The second-order valence-electron chi connectivity index (χ2n) is 4.43. The number of alkyl halides is 1. The molecule has 0 saturated heterocycles. The van der Waals surface area contributed by atoms with E-state index in [1.807, 2.05) is 25.6 Å². The van der Waals surface area contributed by atoms with Gasteiger partial charge in [0, 0.05) is 48.2 Å². The van der Waals surface area contributed by atoms with E-state index in [2.05, 4.69) is 14.6 Å². The summed E-state index contributed by atoms with van der Waals surface area (Å²) in [6.07, 6.45) is 0.717. The van der Waals surface area contributed by atoms with Gasteiger partial charge in [-0.05, 0) is 6.92 Å². The van der Waals surface area contributed by atoms with Crippen molar-refractivity contribution in [2.24, 2.45) is 7.05 Å². The lowest BCUT2D eigenvalue weighted by atomic mass is 10.4. The fourth-order valence-corrected chi connectivity index (χ4v) is 3.07. The second-order valence-corrected chi connectivity index (χ2v) is 6.68. The van der Waals surface area contributed by atoms with Gasteiger partial charge >= 0.3 is 0 Å². The minimum atomic E-state index is -0.778. The van der Waals surface area contributed by atoms with Crippen LogP contribution in [0, 0.1) is 6.92 Å². The van der Waals surface area contributed by atoms with Crippen LogP contribution < -0.4 is 0 Å². The molecule has 2 heterocycles. The highest BCUT2D eigenvalue weighted by Crippen LogP contribution is 2.19. The van der Waals surface area contributed by atoms with Gasteiger partial charge in [-0.25, -0.2) is 4.98 Å². The average molecular weight is 303 g/mol. The molecule has 0 radical (unpaired) electrons. The van der Waals surface area contributed by atoms with Gasteiger partial charge in [0.25, 0.3) is 0 Å². The summed E-state index contributed by atoms with van der Waals surface area (Å²) >= 11 is 5.84. The molecule has 0 N–H and O–H groups in total. The van der Waals surface area contributed by atoms with Crippen LogP contribution in [0.25, 0.3) is 11.2 Å². The van der Waals surface area contributed by atoms with Crippen LogP contribution in [0.1, 0.15) is 18.4 Å². The maximum absolute atomic E-state index is 11.6. The summed E-state index contributed by atoms with van der Waals surface area (Å²) in [5.74, 6) is 2.82. The van der Waals surface area contributed by atoms with Gasteiger partial charge in [0.05, 0.1) is 5.69 Å². The van der Waals surface area contributed by atoms with Gasteiger partial charge in [-0.1, -0.05) is 6.92 Å². The Balaban J connectivity index is 2.42. The van der Waals surface area contributed by atoms with E-state index in [0.717, 1.165) is 22.7 Å². The molecule has 106 valence electrons. The topological polar surface area (TPSA) is 52.7 Å². The van der Waals surface area contributed by atoms with Crippen LogP contribution in [0.3, 0.4) is 0 Å². The van der Waals surface area contributed by atoms with Gasteiger partial charge < -0.3 is 4.57 Å². The first-order valence-electron chi connectivity index (χ1n) is 6.38. The first kappa shape index (κ1) is 14.5. The number of hydrogen-bond donors (Lipinski definition) is 0. The van der Waals surface area contributed by atoms with Crippen LogP contribution in [0.15, 0.2) is 0 Å². The largest absolute Gasteiger partial charge is 0.312 e. The minimum Gasteiger partial charge on any atom is -0.312 e. The van der Waals surface area contributed by atoms with E-state index in [9.17, 15) is 4.21 Å². The Labute approximate surface area is 120 Å². The summed E-state index contributed by atoms with van der Waals surface area (Å²) in [6.45, 7) is 4.59. The zero-order valence-corrected chi connectivity index (χ0v) is 13.1. The normalized spacial score (nSPS) is 13.3. The number of aromatic nitrogens is 4. The molecule has 19 heavy (non-hydrogen) atoms. The van der Waals surface area contributed by atoms with Crippen LogP contribution in [0.4, 0.5) is 0 Å². The highest BCUT2D eigenvalue weighted by atomic mass is 35.5. The van der Waals surface area contributed by atoms with Crippen LogP contribution in [-0.4, -0.2) is 40.9 Å². The van der Waals surface area contributed by atoms with Crippen molar-refractivity contribution in [3.63, 3.8) is 0 Å². The monoisotopic (exact) mass is 302 g/mol. The molecule has 2 aromatic heterocycles. The summed E-state index contributed by atoms with van der Waals surface area (Å²) in [5.41, 5.74) is 2.83. The van der Waals surface area contributed by atoms with Crippen LogP contribution in [0.2, 0.25) is 0 Å². The third-order valence-corrected chi connectivity index (χ3v) is 4.62.